The van der Waals surface area contributed by atoms with Gasteiger partial charge in [-0.3, -0.25) is 5.32 Å². The van der Waals surface area contributed by atoms with E-state index in [1.165, 1.54) is 0 Å². The van der Waals surface area contributed by atoms with E-state index in [2.05, 4.69) is 35.3 Å². The molecule has 1 saturated carbocycles. The number of aryl methyl sites for hydroxylation is 1. The van der Waals surface area contributed by atoms with E-state index in [4.69, 9.17) is 0 Å². The minimum absolute atomic E-state index is 0.332. The Morgan fingerprint density at radius 1 is 1.63 bits per heavy atom. The van der Waals surface area contributed by atoms with E-state index in [-0.39, 0.29) is 5.54 Å². The van der Waals surface area contributed by atoms with Crippen LogP contribution < -0.4 is 5.32 Å². The molecule has 1 heterocycles. The van der Waals surface area contributed by atoms with Crippen LogP contribution in [0, 0.1) is 11.3 Å². The van der Waals surface area contributed by atoms with E-state index in [1.54, 1.807) is 22.8 Å². The van der Waals surface area contributed by atoms with Gasteiger partial charge in [0.15, 0.2) is 5.16 Å². The topological polar surface area (TPSA) is 66.5 Å². The van der Waals surface area contributed by atoms with Gasteiger partial charge in [0.25, 0.3) is 0 Å². The fraction of sp³-hybridized carbons (Fsp3) is 0.769. The van der Waals surface area contributed by atoms with Gasteiger partial charge >= 0.3 is 0 Å². The molecule has 6 heteroatoms. The number of aromatic nitrogens is 3. The van der Waals surface area contributed by atoms with Crippen LogP contribution in [0.4, 0.5) is 0 Å². The zero-order chi connectivity index (χ0) is 13.9. The van der Waals surface area contributed by atoms with Crippen LogP contribution in [0.1, 0.15) is 39.5 Å². The molecule has 5 nitrogen and oxygen atoms in total. The summed E-state index contributed by atoms with van der Waals surface area (Å²) in [5.74, 6) is 0. The lowest BCUT2D eigenvalue weighted by Crippen LogP contribution is -2.51. The second-order valence-electron chi connectivity index (χ2n) is 5.50. The molecule has 0 amide bonds. The van der Waals surface area contributed by atoms with Crippen LogP contribution in [-0.2, 0) is 7.05 Å². The van der Waals surface area contributed by atoms with Crippen LogP contribution in [0.5, 0.6) is 0 Å². The van der Waals surface area contributed by atoms with Gasteiger partial charge in [0, 0.05) is 18.3 Å². The molecule has 1 aromatic rings. The van der Waals surface area contributed by atoms with Gasteiger partial charge in [-0.15, -0.1) is 0 Å². The lowest BCUT2D eigenvalue weighted by Gasteiger charge is -2.37. The number of hydrogen-bond acceptors (Lipinski definition) is 5. The van der Waals surface area contributed by atoms with Crippen LogP contribution in [0.25, 0.3) is 0 Å². The summed E-state index contributed by atoms with van der Waals surface area (Å²) in [6.45, 7) is 4.19. The summed E-state index contributed by atoms with van der Waals surface area (Å²) < 4.78 is 1.79. The van der Waals surface area contributed by atoms with Crippen LogP contribution in [0.2, 0.25) is 0 Å². The SMILES string of the molecule is CC(C)NC1(C#N)CCCC(Sc2ncnn2C)C1. The highest BCUT2D eigenvalue weighted by molar-refractivity contribution is 7.99. The van der Waals surface area contributed by atoms with Crippen molar-refractivity contribution >= 4 is 11.8 Å². The second-order valence-corrected chi connectivity index (χ2v) is 6.76. The molecule has 2 rings (SSSR count). The molecule has 0 aliphatic heterocycles. The summed E-state index contributed by atoms with van der Waals surface area (Å²) in [6, 6.07) is 2.84. The van der Waals surface area contributed by atoms with Gasteiger partial charge in [-0.1, -0.05) is 11.8 Å². The molecule has 2 unspecified atom stereocenters. The number of thioether (sulfide) groups is 1. The monoisotopic (exact) mass is 279 g/mol. The minimum atomic E-state index is -0.372. The van der Waals surface area contributed by atoms with Crippen molar-refractivity contribution in [1.29, 1.82) is 5.26 Å². The van der Waals surface area contributed by atoms with E-state index >= 15 is 0 Å². The van der Waals surface area contributed by atoms with E-state index in [0.717, 1.165) is 30.8 Å². The number of hydrogen-bond donors (Lipinski definition) is 1. The first-order valence-corrected chi connectivity index (χ1v) is 7.62. The Labute approximate surface area is 118 Å². The second kappa shape index (κ2) is 5.93. The van der Waals surface area contributed by atoms with E-state index in [0.29, 0.717) is 11.3 Å². The summed E-state index contributed by atoms with van der Waals surface area (Å²) in [5.41, 5.74) is -0.372. The van der Waals surface area contributed by atoms with Crippen molar-refractivity contribution in [2.45, 2.75) is 61.5 Å². The highest BCUT2D eigenvalue weighted by Crippen LogP contribution is 2.37. The third kappa shape index (κ3) is 3.48. The third-order valence-corrected chi connectivity index (χ3v) is 4.74. The smallest absolute Gasteiger partial charge is 0.186 e. The Kier molecular flexibility index (Phi) is 4.48. The van der Waals surface area contributed by atoms with Crippen molar-refractivity contribution in [3.63, 3.8) is 0 Å². The molecule has 0 bridgehead atoms. The summed E-state index contributed by atoms with van der Waals surface area (Å²) in [7, 11) is 1.90. The van der Waals surface area contributed by atoms with Gasteiger partial charge in [-0.05, 0) is 39.5 Å². The summed E-state index contributed by atoms with van der Waals surface area (Å²) in [5, 5.41) is 18.4. The minimum Gasteiger partial charge on any atom is -0.297 e. The number of nitrogens with zero attached hydrogens (tertiary/aromatic N) is 4. The zero-order valence-corrected chi connectivity index (χ0v) is 12.6. The van der Waals surface area contributed by atoms with E-state index in [9.17, 15) is 5.26 Å². The Hall–Kier alpha value is -1.06. The molecule has 1 aromatic heterocycles. The van der Waals surface area contributed by atoms with Crippen molar-refractivity contribution in [3.8, 4) is 6.07 Å². The largest absolute Gasteiger partial charge is 0.297 e. The first kappa shape index (κ1) is 14.4. The number of nitrogens with one attached hydrogen (secondary N) is 1. The van der Waals surface area contributed by atoms with Gasteiger partial charge in [0.2, 0.25) is 0 Å². The van der Waals surface area contributed by atoms with Crippen LogP contribution in [0.3, 0.4) is 0 Å². The van der Waals surface area contributed by atoms with Gasteiger partial charge in [0.1, 0.15) is 11.9 Å². The lowest BCUT2D eigenvalue weighted by molar-refractivity contribution is 0.284. The summed E-state index contributed by atoms with van der Waals surface area (Å²) in [6.07, 6.45) is 5.62. The fourth-order valence-corrected chi connectivity index (χ4v) is 3.94. The molecule has 0 spiro atoms. The van der Waals surface area contributed by atoms with Crippen molar-refractivity contribution in [1.82, 2.24) is 20.1 Å². The molecule has 1 N–H and O–H groups in total. The maximum Gasteiger partial charge on any atom is 0.186 e. The molecule has 1 fully saturated rings. The van der Waals surface area contributed by atoms with Crippen molar-refractivity contribution < 1.29 is 0 Å². The maximum atomic E-state index is 9.53. The maximum absolute atomic E-state index is 9.53. The van der Waals surface area contributed by atoms with Crippen molar-refractivity contribution in [2.24, 2.45) is 7.05 Å². The first-order valence-electron chi connectivity index (χ1n) is 6.74. The van der Waals surface area contributed by atoms with E-state index < -0.39 is 0 Å². The average molecular weight is 279 g/mol. The van der Waals surface area contributed by atoms with Crippen LogP contribution >= 0.6 is 11.8 Å². The lowest BCUT2D eigenvalue weighted by atomic mass is 9.82. The summed E-state index contributed by atoms with van der Waals surface area (Å²) >= 11 is 1.74. The van der Waals surface area contributed by atoms with Crippen LogP contribution in [0.15, 0.2) is 11.5 Å². The third-order valence-electron chi connectivity index (χ3n) is 3.43. The van der Waals surface area contributed by atoms with Gasteiger partial charge < -0.3 is 0 Å². The molecule has 0 saturated heterocycles. The molecular formula is C13H21N5S. The van der Waals surface area contributed by atoms with Gasteiger partial charge in [0.05, 0.1) is 6.07 Å². The summed E-state index contributed by atoms with van der Waals surface area (Å²) in [4.78, 5) is 4.26. The molecular weight excluding hydrogens is 258 g/mol. The Balaban J connectivity index is 2.04. The molecule has 2 atom stereocenters. The van der Waals surface area contributed by atoms with Gasteiger partial charge in [-0.2, -0.15) is 10.4 Å². The highest BCUT2D eigenvalue weighted by atomic mass is 32.2. The molecule has 1 aliphatic carbocycles. The van der Waals surface area contributed by atoms with E-state index in [1.807, 2.05) is 7.05 Å². The number of nitriles is 1. The molecule has 19 heavy (non-hydrogen) atoms. The zero-order valence-electron chi connectivity index (χ0n) is 11.8. The van der Waals surface area contributed by atoms with Gasteiger partial charge in [-0.25, -0.2) is 9.67 Å². The predicted octanol–water partition coefficient (Wildman–Crippen LogP) is 2.11. The fourth-order valence-electron chi connectivity index (χ4n) is 2.68. The number of rotatable bonds is 4. The normalized spacial score (nSPS) is 27.4. The Bertz CT molecular complexity index is 464. The Morgan fingerprint density at radius 2 is 2.42 bits per heavy atom. The standard InChI is InChI=1S/C13H21N5S/c1-10(2)17-13(8-14)6-4-5-11(7-13)19-12-15-9-16-18(12)3/h9-11,17H,4-7H2,1-3H3. The average Bonchev–Trinajstić information content (AvgIpc) is 2.75. The molecule has 0 radical (unpaired) electrons. The quantitative estimate of drug-likeness (QED) is 0.914. The van der Waals surface area contributed by atoms with Crippen LogP contribution in [-0.4, -0.2) is 31.6 Å². The van der Waals surface area contributed by atoms with Crippen molar-refractivity contribution in [3.05, 3.63) is 6.33 Å². The molecule has 0 aromatic carbocycles. The molecule has 1 aliphatic rings. The molecule has 104 valence electrons. The van der Waals surface area contributed by atoms with Crippen molar-refractivity contribution in [2.75, 3.05) is 0 Å². The first-order chi connectivity index (χ1) is 9.04. The Morgan fingerprint density at radius 3 is 3.00 bits per heavy atom. The predicted molar refractivity (Wildman–Crippen MR) is 75.7 cm³/mol. The highest BCUT2D eigenvalue weighted by Gasteiger charge is 2.37.